The smallest absolute Gasteiger partial charge is 0.410 e. The molecule has 3 aromatic rings. The van der Waals surface area contributed by atoms with Gasteiger partial charge in [-0.05, 0) is 52.5 Å². The van der Waals surface area contributed by atoms with Crippen LogP contribution in [-0.2, 0) is 9.47 Å². The number of anilines is 2. The maximum absolute atomic E-state index is 14.1. The summed E-state index contributed by atoms with van der Waals surface area (Å²) in [5.41, 5.74) is -0.468. The van der Waals surface area contributed by atoms with E-state index in [9.17, 15) is 18.4 Å². The highest BCUT2D eigenvalue weighted by Gasteiger charge is 2.33. The van der Waals surface area contributed by atoms with E-state index in [4.69, 9.17) is 9.47 Å². The summed E-state index contributed by atoms with van der Waals surface area (Å²) in [5, 5.41) is 11.1. The lowest BCUT2D eigenvalue weighted by atomic mass is 9.90. The first kappa shape index (κ1) is 31.1. The first-order chi connectivity index (χ1) is 21.6. The van der Waals surface area contributed by atoms with Gasteiger partial charge in [0, 0.05) is 57.7 Å². The van der Waals surface area contributed by atoms with Gasteiger partial charge in [-0.3, -0.25) is 14.4 Å². The van der Waals surface area contributed by atoms with Crippen LogP contribution in [0.4, 0.5) is 25.1 Å². The molecule has 3 fully saturated rings. The van der Waals surface area contributed by atoms with Gasteiger partial charge in [0.25, 0.3) is 12.3 Å². The van der Waals surface area contributed by atoms with Gasteiger partial charge in [0.2, 0.25) is 0 Å². The van der Waals surface area contributed by atoms with E-state index in [0.29, 0.717) is 56.9 Å². The number of ether oxygens (including phenoxy) is 2. The van der Waals surface area contributed by atoms with Crippen LogP contribution >= 0.6 is 0 Å². The summed E-state index contributed by atoms with van der Waals surface area (Å²) < 4.78 is 42.2. The van der Waals surface area contributed by atoms with E-state index >= 15 is 0 Å². The topological polar surface area (TPSA) is 122 Å². The zero-order valence-electron chi connectivity index (χ0n) is 26.0. The molecule has 2 aliphatic heterocycles. The molecule has 0 spiro atoms. The number of halogens is 2. The third-order valence-corrected chi connectivity index (χ3v) is 8.67. The normalized spacial score (nSPS) is 21.8. The number of nitrogens with zero attached hydrogens (tertiary/aromatic N) is 8. The van der Waals surface area contributed by atoms with E-state index in [1.165, 1.54) is 16.9 Å². The lowest BCUT2D eigenvalue weighted by Gasteiger charge is -2.42. The lowest BCUT2D eigenvalue weighted by molar-refractivity contribution is 0.00720. The van der Waals surface area contributed by atoms with Gasteiger partial charge in [0.15, 0.2) is 11.3 Å². The number of rotatable bonds is 6. The van der Waals surface area contributed by atoms with Crippen molar-refractivity contribution >= 4 is 29.2 Å². The fraction of sp³-hybridized carbons (Fsp3) is 0.633. The summed E-state index contributed by atoms with van der Waals surface area (Å²) in [7, 11) is 0. The fourth-order valence-electron chi connectivity index (χ4n) is 6.31. The van der Waals surface area contributed by atoms with E-state index in [2.05, 4.69) is 30.3 Å². The second kappa shape index (κ2) is 12.9. The van der Waals surface area contributed by atoms with Crippen LogP contribution in [0.2, 0.25) is 0 Å². The van der Waals surface area contributed by atoms with Crippen LogP contribution in [0.25, 0.3) is 5.65 Å². The van der Waals surface area contributed by atoms with Gasteiger partial charge >= 0.3 is 6.09 Å². The Morgan fingerprint density at radius 3 is 2.38 bits per heavy atom. The molecule has 0 bridgehead atoms. The number of aromatic nitrogens is 5. The van der Waals surface area contributed by atoms with Gasteiger partial charge in [-0.1, -0.05) is 0 Å². The minimum atomic E-state index is -2.85. The van der Waals surface area contributed by atoms with Crippen molar-refractivity contribution in [3.8, 4) is 0 Å². The number of amides is 2. The summed E-state index contributed by atoms with van der Waals surface area (Å²) in [6, 6.07) is 2.13. The van der Waals surface area contributed by atoms with Crippen LogP contribution in [0.1, 0.15) is 75.0 Å². The molecule has 45 heavy (non-hydrogen) atoms. The summed E-state index contributed by atoms with van der Waals surface area (Å²) in [6.45, 7) is 10.9. The number of morpholine rings is 1. The molecule has 1 saturated carbocycles. The molecular formula is C30H41F2N9O4. The Labute approximate surface area is 260 Å². The van der Waals surface area contributed by atoms with Gasteiger partial charge < -0.3 is 24.6 Å². The number of piperazine rings is 1. The number of nitrogens with one attached hydrogen (secondary N) is 1. The highest BCUT2D eigenvalue weighted by molar-refractivity contribution is 6.08. The Hall–Kier alpha value is -3.85. The molecule has 0 atom stereocenters. The fourth-order valence-corrected chi connectivity index (χ4v) is 6.31. The SMILES string of the molecule is CC(C)(C)OC(=O)N1CCN(C2CCC(n3cc(NC(=O)c4cnn5ccc(N6CCOCC6)nc45)c(C(F)F)n3)CC2)CC1. The number of fused-ring (bicyclic) bond motifs is 1. The largest absolute Gasteiger partial charge is 0.444 e. The summed E-state index contributed by atoms with van der Waals surface area (Å²) in [4.78, 5) is 36.6. The van der Waals surface area contributed by atoms with Crippen molar-refractivity contribution in [3.63, 3.8) is 0 Å². The third-order valence-electron chi connectivity index (χ3n) is 8.67. The molecular weight excluding hydrogens is 588 g/mol. The maximum Gasteiger partial charge on any atom is 0.410 e. The van der Waals surface area contributed by atoms with Gasteiger partial charge in [0.1, 0.15) is 17.0 Å². The summed E-state index contributed by atoms with van der Waals surface area (Å²) >= 11 is 0. The molecule has 2 amide bonds. The van der Waals surface area contributed by atoms with Crippen LogP contribution < -0.4 is 10.2 Å². The number of hydrogen-bond acceptors (Lipinski definition) is 9. The van der Waals surface area contributed by atoms with E-state index < -0.39 is 23.6 Å². The van der Waals surface area contributed by atoms with E-state index in [-0.39, 0.29) is 23.4 Å². The predicted molar refractivity (Wildman–Crippen MR) is 162 cm³/mol. The number of carbonyl (C=O) groups excluding carboxylic acids is 2. The van der Waals surface area contributed by atoms with Crippen LogP contribution in [0.15, 0.2) is 24.7 Å². The molecule has 13 nitrogen and oxygen atoms in total. The van der Waals surface area contributed by atoms with Crippen molar-refractivity contribution < 1.29 is 27.8 Å². The Balaban J connectivity index is 1.08. The molecule has 0 aromatic carbocycles. The molecule has 1 N–H and O–H groups in total. The van der Waals surface area contributed by atoms with Gasteiger partial charge in [0.05, 0.1) is 31.1 Å². The molecule has 2 saturated heterocycles. The summed E-state index contributed by atoms with van der Waals surface area (Å²) in [5.74, 6) is 0.120. The summed E-state index contributed by atoms with van der Waals surface area (Å²) in [6.07, 6.45) is 4.83. The standard InChI is InChI=1S/C30H41F2N9O4/c1-30(2,3)45-29(43)39-12-10-37(11-13-39)20-4-6-21(7-5-20)41-19-23(25(36-41)26(31)32)34-28(42)22-18-33-40-9-8-24(35-27(22)40)38-14-16-44-17-15-38/h8-9,18-21,26H,4-7,10-17H2,1-3H3,(H,34,42). The van der Waals surface area contributed by atoms with Gasteiger partial charge in [-0.25, -0.2) is 23.1 Å². The Morgan fingerprint density at radius 1 is 1.02 bits per heavy atom. The lowest BCUT2D eigenvalue weighted by Crippen LogP contribution is -2.53. The van der Waals surface area contributed by atoms with Crippen molar-refractivity contribution in [2.45, 2.75) is 70.6 Å². The molecule has 244 valence electrons. The van der Waals surface area contributed by atoms with E-state index in [0.717, 1.165) is 38.8 Å². The van der Waals surface area contributed by atoms with E-state index in [1.807, 2.05) is 26.8 Å². The van der Waals surface area contributed by atoms with Crippen LogP contribution in [0, 0.1) is 0 Å². The quantitative estimate of drug-likeness (QED) is 0.431. The first-order valence-corrected chi connectivity index (χ1v) is 15.6. The van der Waals surface area contributed by atoms with Crippen LogP contribution in [-0.4, -0.2) is 110 Å². The minimum Gasteiger partial charge on any atom is -0.444 e. The number of carbonyl (C=O) groups is 2. The van der Waals surface area contributed by atoms with Crippen molar-refractivity contribution in [3.05, 3.63) is 35.9 Å². The first-order valence-electron chi connectivity index (χ1n) is 15.6. The van der Waals surface area contributed by atoms with Crippen molar-refractivity contribution in [2.24, 2.45) is 0 Å². The van der Waals surface area contributed by atoms with Crippen molar-refractivity contribution in [2.75, 3.05) is 62.7 Å². The number of hydrogen-bond donors (Lipinski definition) is 1. The zero-order valence-corrected chi connectivity index (χ0v) is 26.0. The molecule has 3 aliphatic rings. The molecule has 0 unspecified atom stereocenters. The van der Waals surface area contributed by atoms with Crippen molar-refractivity contribution in [1.29, 1.82) is 0 Å². The predicted octanol–water partition coefficient (Wildman–Crippen LogP) is 3.99. The third kappa shape index (κ3) is 7.03. The zero-order chi connectivity index (χ0) is 31.7. The second-order valence-electron chi connectivity index (χ2n) is 12.8. The molecule has 15 heteroatoms. The number of alkyl halides is 2. The Morgan fingerprint density at radius 2 is 1.71 bits per heavy atom. The Kier molecular flexibility index (Phi) is 8.91. The highest BCUT2D eigenvalue weighted by atomic mass is 19.3. The van der Waals surface area contributed by atoms with Gasteiger partial charge in [-0.2, -0.15) is 10.2 Å². The molecule has 5 heterocycles. The van der Waals surface area contributed by atoms with Crippen LogP contribution in [0.5, 0.6) is 0 Å². The Bertz CT molecular complexity index is 1500. The minimum absolute atomic E-state index is 0.0147. The average molecular weight is 630 g/mol. The van der Waals surface area contributed by atoms with Crippen LogP contribution in [0.3, 0.4) is 0 Å². The maximum atomic E-state index is 14.1. The van der Waals surface area contributed by atoms with Crippen molar-refractivity contribution in [1.82, 2.24) is 34.2 Å². The van der Waals surface area contributed by atoms with E-state index in [1.54, 1.807) is 15.8 Å². The monoisotopic (exact) mass is 629 g/mol. The average Bonchev–Trinajstić information content (AvgIpc) is 3.65. The second-order valence-corrected chi connectivity index (χ2v) is 12.8. The molecule has 3 aromatic heterocycles. The molecule has 1 aliphatic carbocycles. The highest BCUT2D eigenvalue weighted by Crippen LogP contribution is 2.34. The molecule has 0 radical (unpaired) electrons. The van der Waals surface area contributed by atoms with Gasteiger partial charge in [-0.15, -0.1) is 0 Å². The molecule has 6 rings (SSSR count).